The molecule has 0 aliphatic carbocycles. The molecule has 0 aromatic heterocycles. The first-order valence-corrected chi connectivity index (χ1v) is 7.17. The molecule has 0 aromatic carbocycles. The molecule has 5 N–H and O–H groups in total. The molecule has 2 heterocycles. The van der Waals surface area contributed by atoms with Gasteiger partial charge in [0.2, 0.25) is 0 Å². The maximum atomic E-state index is 10.1. The topological polar surface area (TPSA) is 138 Å². The van der Waals surface area contributed by atoms with Crippen LogP contribution in [0.4, 0.5) is 0 Å². The minimum Gasteiger partial charge on any atom is -0.388 e. The van der Waals surface area contributed by atoms with Gasteiger partial charge in [-0.25, -0.2) is 0 Å². The van der Waals surface area contributed by atoms with Gasteiger partial charge in [0.1, 0.15) is 36.6 Å². The number of aliphatic hydroxyl groups is 5. The van der Waals surface area contributed by atoms with Crippen LogP contribution in [0.5, 0.6) is 0 Å². The molecule has 9 nitrogen and oxygen atoms in total. The van der Waals surface area contributed by atoms with E-state index in [9.17, 15) is 25.5 Å². The monoisotopic (exact) mass is 324 g/mol. The lowest BCUT2D eigenvalue weighted by molar-refractivity contribution is -0.359. The van der Waals surface area contributed by atoms with Gasteiger partial charge >= 0.3 is 0 Å². The number of methoxy groups -OCH3 is 1. The van der Waals surface area contributed by atoms with E-state index in [1.54, 1.807) is 6.92 Å². The zero-order valence-electron chi connectivity index (χ0n) is 12.6. The molecule has 10 atom stereocenters. The van der Waals surface area contributed by atoms with Crippen molar-refractivity contribution in [2.45, 2.75) is 75.3 Å². The predicted molar refractivity (Wildman–Crippen MR) is 70.6 cm³/mol. The van der Waals surface area contributed by atoms with Crippen molar-refractivity contribution in [1.29, 1.82) is 0 Å². The van der Waals surface area contributed by atoms with Crippen molar-refractivity contribution in [1.82, 2.24) is 0 Å². The summed E-state index contributed by atoms with van der Waals surface area (Å²) in [7, 11) is 1.34. The Morgan fingerprint density at radius 1 is 0.682 bits per heavy atom. The fourth-order valence-corrected chi connectivity index (χ4v) is 2.62. The number of rotatable bonds is 3. The molecule has 2 saturated heterocycles. The van der Waals surface area contributed by atoms with Crippen molar-refractivity contribution in [3.05, 3.63) is 0 Å². The lowest BCUT2D eigenvalue weighted by atomic mass is 9.98. The Morgan fingerprint density at radius 2 is 1.18 bits per heavy atom. The molecule has 2 aliphatic heterocycles. The van der Waals surface area contributed by atoms with Gasteiger partial charge in [-0.1, -0.05) is 0 Å². The summed E-state index contributed by atoms with van der Waals surface area (Å²) in [6, 6.07) is 0. The van der Waals surface area contributed by atoms with Crippen molar-refractivity contribution < 1.29 is 44.5 Å². The van der Waals surface area contributed by atoms with Crippen LogP contribution in [0.2, 0.25) is 0 Å². The standard InChI is InChI=1S/C13H24O9/c1-4-6(14)8(16)10(18)12(20-4)22-11-9(17)7(15)5(2)21-13(11)19-3/h4-18H,1-3H3/t4?,5?,6-,7-,8+,9+,10?,11?,12-,13+/m1/s1. The fourth-order valence-electron chi connectivity index (χ4n) is 2.62. The fraction of sp³-hybridized carbons (Fsp3) is 1.00. The molecule has 9 heteroatoms. The Labute approximate surface area is 128 Å². The average Bonchev–Trinajstić information content (AvgIpc) is 2.50. The lowest BCUT2D eigenvalue weighted by Crippen LogP contribution is -2.63. The SMILES string of the molecule is CO[C@H]1OC(C)[C@@H](O)[C@H](O)C1O[C@H]1OC(C)[C@@H](O)[C@H](O)C1O. The van der Waals surface area contributed by atoms with Crippen LogP contribution in [-0.2, 0) is 18.9 Å². The second-order valence-electron chi connectivity index (χ2n) is 5.71. The Bertz CT molecular complexity index is 365. The summed E-state index contributed by atoms with van der Waals surface area (Å²) in [4.78, 5) is 0. The largest absolute Gasteiger partial charge is 0.388 e. The van der Waals surface area contributed by atoms with E-state index in [-0.39, 0.29) is 0 Å². The highest BCUT2D eigenvalue weighted by Gasteiger charge is 2.49. The summed E-state index contributed by atoms with van der Waals surface area (Å²) in [5, 5.41) is 49.3. The van der Waals surface area contributed by atoms with Crippen LogP contribution in [0, 0.1) is 0 Å². The highest BCUT2D eigenvalue weighted by molar-refractivity contribution is 4.92. The van der Waals surface area contributed by atoms with Gasteiger partial charge < -0.3 is 44.5 Å². The first kappa shape index (κ1) is 18.0. The van der Waals surface area contributed by atoms with Gasteiger partial charge in [-0.3, -0.25) is 0 Å². The highest BCUT2D eigenvalue weighted by Crippen LogP contribution is 2.29. The second-order valence-corrected chi connectivity index (χ2v) is 5.71. The van der Waals surface area contributed by atoms with E-state index in [0.29, 0.717) is 0 Å². The molecule has 0 amide bonds. The van der Waals surface area contributed by atoms with E-state index in [0.717, 1.165) is 0 Å². The van der Waals surface area contributed by atoms with Crippen molar-refractivity contribution in [3.8, 4) is 0 Å². The molecular weight excluding hydrogens is 300 g/mol. The molecule has 0 spiro atoms. The maximum absolute atomic E-state index is 10.1. The maximum Gasteiger partial charge on any atom is 0.187 e. The van der Waals surface area contributed by atoms with Crippen molar-refractivity contribution in [2.75, 3.05) is 7.11 Å². The molecule has 2 fully saturated rings. The summed E-state index contributed by atoms with van der Waals surface area (Å²) < 4.78 is 21.2. The van der Waals surface area contributed by atoms with Gasteiger partial charge in [-0.2, -0.15) is 0 Å². The summed E-state index contributed by atoms with van der Waals surface area (Å²) in [6.07, 6.45) is -11.6. The van der Waals surface area contributed by atoms with Gasteiger partial charge in [0.05, 0.1) is 12.2 Å². The van der Waals surface area contributed by atoms with Gasteiger partial charge in [0.15, 0.2) is 12.6 Å². The van der Waals surface area contributed by atoms with Gasteiger partial charge in [-0.15, -0.1) is 0 Å². The first-order chi connectivity index (χ1) is 10.3. The van der Waals surface area contributed by atoms with Gasteiger partial charge in [-0.05, 0) is 13.8 Å². The molecule has 0 aromatic rings. The van der Waals surface area contributed by atoms with Crippen LogP contribution >= 0.6 is 0 Å². The quantitative estimate of drug-likeness (QED) is 0.376. The molecular formula is C13H24O9. The van der Waals surface area contributed by atoms with E-state index in [1.165, 1.54) is 14.0 Å². The second kappa shape index (κ2) is 7.04. The molecule has 22 heavy (non-hydrogen) atoms. The Morgan fingerprint density at radius 3 is 1.73 bits per heavy atom. The number of hydrogen-bond acceptors (Lipinski definition) is 9. The van der Waals surface area contributed by atoms with Crippen LogP contribution in [0.25, 0.3) is 0 Å². The highest BCUT2D eigenvalue weighted by atomic mass is 16.7. The Balaban J connectivity index is 2.10. The summed E-state index contributed by atoms with van der Waals surface area (Å²) >= 11 is 0. The lowest BCUT2D eigenvalue weighted by Gasteiger charge is -2.45. The summed E-state index contributed by atoms with van der Waals surface area (Å²) in [5.74, 6) is 0. The van der Waals surface area contributed by atoms with Crippen LogP contribution in [0.3, 0.4) is 0 Å². The third-order valence-corrected chi connectivity index (χ3v) is 4.12. The van der Waals surface area contributed by atoms with E-state index in [2.05, 4.69) is 0 Å². The normalized spacial score (nSPS) is 53.5. The molecule has 2 rings (SSSR count). The van der Waals surface area contributed by atoms with E-state index in [1.807, 2.05) is 0 Å². The first-order valence-electron chi connectivity index (χ1n) is 7.17. The number of aliphatic hydroxyl groups excluding tert-OH is 5. The van der Waals surface area contributed by atoms with Gasteiger partial charge in [0, 0.05) is 7.11 Å². The third-order valence-electron chi connectivity index (χ3n) is 4.12. The zero-order valence-corrected chi connectivity index (χ0v) is 12.6. The Kier molecular flexibility index (Phi) is 5.75. The molecule has 2 aliphatic rings. The van der Waals surface area contributed by atoms with Crippen LogP contribution < -0.4 is 0 Å². The minimum atomic E-state index is -1.52. The van der Waals surface area contributed by atoms with Crippen LogP contribution in [0.15, 0.2) is 0 Å². The average molecular weight is 324 g/mol. The Hall–Kier alpha value is -0.360. The molecule has 0 radical (unpaired) electrons. The van der Waals surface area contributed by atoms with Crippen molar-refractivity contribution in [2.24, 2.45) is 0 Å². The molecule has 0 saturated carbocycles. The van der Waals surface area contributed by atoms with E-state index >= 15 is 0 Å². The molecule has 4 unspecified atom stereocenters. The smallest absolute Gasteiger partial charge is 0.187 e. The zero-order chi connectivity index (χ0) is 16.6. The van der Waals surface area contributed by atoms with Gasteiger partial charge in [0.25, 0.3) is 0 Å². The number of ether oxygens (including phenoxy) is 4. The van der Waals surface area contributed by atoms with Crippen LogP contribution in [0.1, 0.15) is 13.8 Å². The minimum absolute atomic E-state index is 0.664. The van der Waals surface area contributed by atoms with E-state index in [4.69, 9.17) is 18.9 Å². The predicted octanol–water partition coefficient (Wildman–Crippen LogP) is -2.69. The van der Waals surface area contributed by atoms with Crippen molar-refractivity contribution in [3.63, 3.8) is 0 Å². The van der Waals surface area contributed by atoms with Crippen molar-refractivity contribution >= 4 is 0 Å². The summed E-state index contributed by atoms with van der Waals surface area (Å²) in [6.45, 7) is 3.08. The van der Waals surface area contributed by atoms with E-state index < -0.39 is 61.4 Å². The number of hydrogen-bond donors (Lipinski definition) is 5. The molecule has 0 bridgehead atoms. The third kappa shape index (κ3) is 3.28. The molecule has 130 valence electrons. The summed E-state index contributed by atoms with van der Waals surface area (Å²) in [5.41, 5.74) is 0. The van der Waals surface area contributed by atoms with Crippen LogP contribution in [-0.4, -0.2) is 94.1 Å².